The molecule has 2 aromatic carbocycles. The van der Waals surface area contributed by atoms with Gasteiger partial charge in [-0.1, -0.05) is 71.9 Å². The Morgan fingerprint density at radius 1 is 0.908 bits per heavy atom. The lowest BCUT2D eigenvalue weighted by atomic mass is 9.86. The number of nitrogens with one attached hydrogen (secondary N) is 5. The summed E-state index contributed by atoms with van der Waals surface area (Å²) in [5.41, 5.74) is 6.89. The van der Waals surface area contributed by atoms with E-state index in [0.29, 0.717) is 24.0 Å². The average molecular weight is 932 g/mol. The summed E-state index contributed by atoms with van der Waals surface area (Å²) < 4.78 is 29.9. The van der Waals surface area contributed by atoms with E-state index < -0.39 is 83.7 Å². The summed E-state index contributed by atoms with van der Waals surface area (Å²) in [6.07, 6.45) is 4.47. The van der Waals surface area contributed by atoms with Gasteiger partial charge in [-0.2, -0.15) is 11.8 Å². The van der Waals surface area contributed by atoms with Crippen molar-refractivity contribution in [2.45, 2.75) is 86.4 Å². The van der Waals surface area contributed by atoms with Gasteiger partial charge in [0.2, 0.25) is 23.6 Å². The fraction of sp³-hybridized carbons (Fsp3) is 0.500. The largest absolute Gasteiger partial charge is 0.480 e. The molecule has 65 heavy (non-hydrogen) atoms. The number of halogens is 2. The lowest BCUT2D eigenvalue weighted by Crippen LogP contribution is -2.55. The molecule has 3 atom stereocenters. The fourth-order valence-corrected chi connectivity index (χ4v) is 6.47. The number of carboxylic acids is 2. The third kappa shape index (κ3) is 21.3. The van der Waals surface area contributed by atoms with Crippen LogP contribution in [0, 0.1) is 28.4 Å². The number of amides is 4. The molecular formula is C46H67F2N7O9S. The van der Waals surface area contributed by atoms with Crippen LogP contribution in [0.5, 0.6) is 0 Å². The fourth-order valence-electron chi connectivity index (χ4n) is 5.77. The summed E-state index contributed by atoms with van der Waals surface area (Å²) in [6, 6.07) is 13.4. The van der Waals surface area contributed by atoms with Gasteiger partial charge in [-0.3, -0.25) is 24.0 Å². The minimum absolute atomic E-state index is 0.00733. The Morgan fingerprint density at radius 3 is 2.06 bits per heavy atom. The minimum Gasteiger partial charge on any atom is -0.480 e. The Kier molecular flexibility index (Phi) is 25.6. The van der Waals surface area contributed by atoms with E-state index >= 15 is 0 Å². The normalized spacial score (nSPS) is 12.7. The number of aromatic nitrogens is 1. The van der Waals surface area contributed by atoms with Crippen molar-refractivity contribution in [2.24, 2.45) is 22.5 Å². The minimum atomic E-state index is -1.71. The van der Waals surface area contributed by atoms with Crippen LogP contribution in [0.1, 0.15) is 72.6 Å². The molecule has 3 rings (SSSR count). The van der Waals surface area contributed by atoms with Crippen LogP contribution >= 0.6 is 11.8 Å². The second-order valence-electron chi connectivity index (χ2n) is 16.8. The maximum absolute atomic E-state index is 14.2. The van der Waals surface area contributed by atoms with Gasteiger partial charge in [-0.15, -0.1) is 0 Å². The van der Waals surface area contributed by atoms with Crippen LogP contribution in [0.2, 0.25) is 0 Å². The van der Waals surface area contributed by atoms with Crippen molar-refractivity contribution in [2.75, 3.05) is 44.7 Å². The van der Waals surface area contributed by atoms with Gasteiger partial charge < -0.3 is 51.9 Å². The van der Waals surface area contributed by atoms with Gasteiger partial charge in [-0.25, -0.2) is 13.6 Å². The molecule has 1 aromatic heterocycles. The average Bonchev–Trinajstić information content (AvgIpc) is 3.63. The Bertz CT molecular complexity index is 2010. The molecule has 16 nitrogen and oxygen atoms in total. The third-order valence-corrected chi connectivity index (χ3v) is 10.6. The molecule has 19 heteroatoms. The standard InChI is InChI=1S/C22H23F2N.C20H32N4O9S.C4H12N2/c1-22(2,3)13-19-11-17(20-12-18(23)9-10-21(20)24)15-25(19)14-16-7-5-4-6-8-16;1-5-20(4,19(32)33)18(31)22-9-14(27)24-15(11(2)3)16(28)21-8-13(26)23-12(17(29)30)10-34-7-6-25;1-6-4-2-3-5/h4-12,15H,13-14H2,1-3H3;6,11-12,15H,5,7-10H2,1-4H3,(H,21,28)(H,22,31)(H,23,26)(H,24,27)(H,29,30)(H,32,33);6H,2-5H2,1H3/t;12-,15?,20?;/m.0./s1. The molecule has 0 saturated carbocycles. The van der Waals surface area contributed by atoms with Crippen molar-refractivity contribution in [3.05, 3.63) is 83.7 Å². The van der Waals surface area contributed by atoms with Gasteiger partial charge >= 0.3 is 11.9 Å². The van der Waals surface area contributed by atoms with Gasteiger partial charge in [-0.05, 0) is 87.5 Å². The first-order chi connectivity index (χ1) is 30.5. The molecule has 0 radical (unpaired) electrons. The van der Waals surface area contributed by atoms with Gasteiger partial charge in [0.05, 0.1) is 13.1 Å². The number of carboxylic acid groups (broad SMARTS) is 2. The summed E-state index contributed by atoms with van der Waals surface area (Å²) in [7, 11) is 1.93. The predicted molar refractivity (Wildman–Crippen MR) is 248 cm³/mol. The van der Waals surface area contributed by atoms with E-state index in [1.807, 2.05) is 37.5 Å². The number of aldehydes is 1. The van der Waals surface area contributed by atoms with E-state index in [9.17, 15) is 47.4 Å². The van der Waals surface area contributed by atoms with Crippen LogP contribution in [0.25, 0.3) is 11.1 Å². The second-order valence-corrected chi connectivity index (χ2v) is 17.9. The van der Waals surface area contributed by atoms with Crippen LogP contribution < -0.4 is 32.3 Å². The molecule has 2 unspecified atom stereocenters. The van der Waals surface area contributed by atoms with Gasteiger partial charge in [0, 0.05) is 41.1 Å². The zero-order valence-electron chi connectivity index (χ0n) is 38.6. The Labute approximate surface area is 384 Å². The summed E-state index contributed by atoms with van der Waals surface area (Å²) in [4.78, 5) is 81.6. The molecule has 0 bridgehead atoms. The number of benzene rings is 2. The lowest BCUT2D eigenvalue weighted by Gasteiger charge is -2.24. The van der Waals surface area contributed by atoms with Crippen molar-refractivity contribution >= 4 is 53.6 Å². The molecule has 360 valence electrons. The van der Waals surface area contributed by atoms with Crippen molar-refractivity contribution < 1.29 is 52.6 Å². The van der Waals surface area contributed by atoms with Crippen LogP contribution in [-0.2, 0) is 46.5 Å². The highest BCUT2D eigenvalue weighted by Gasteiger charge is 2.39. The Hall–Kier alpha value is -5.66. The molecule has 0 saturated heterocycles. The first-order valence-electron chi connectivity index (χ1n) is 21.2. The number of nitrogens with zero attached hydrogens (tertiary/aromatic N) is 1. The number of hydrogen-bond acceptors (Lipinski definition) is 10. The highest BCUT2D eigenvalue weighted by atomic mass is 32.2. The van der Waals surface area contributed by atoms with Crippen molar-refractivity contribution in [1.82, 2.24) is 31.2 Å². The number of thioether (sulfide) groups is 1. The number of carbonyl (C=O) groups is 7. The molecule has 0 spiro atoms. The molecule has 9 N–H and O–H groups in total. The molecule has 4 amide bonds. The molecule has 0 aliphatic rings. The summed E-state index contributed by atoms with van der Waals surface area (Å²) in [6.45, 7) is 14.0. The summed E-state index contributed by atoms with van der Waals surface area (Å²) in [5.74, 6) is -6.92. The molecule has 0 fully saturated rings. The van der Waals surface area contributed by atoms with Crippen molar-refractivity contribution in [3.63, 3.8) is 0 Å². The molecule has 0 aliphatic carbocycles. The smallest absolute Gasteiger partial charge is 0.327 e. The molecule has 0 aliphatic heterocycles. The molecule has 3 aromatic rings. The van der Waals surface area contributed by atoms with Gasteiger partial charge in [0.15, 0.2) is 0 Å². The zero-order valence-corrected chi connectivity index (χ0v) is 39.4. The van der Waals surface area contributed by atoms with Gasteiger partial charge in [0.1, 0.15) is 35.4 Å². The van der Waals surface area contributed by atoms with Crippen LogP contribution in [0.15, 0.2) is 60.8 Å². The van der Waals surface area contributed by atoms with Crippen LogP contribution in [-0.4, -0.2) is 113 Å². The topological polar surface area (TPSA) is 251 Å². The molecule has 1 heterocycles. The first-order valence-corrected chi connectivity index (χ1v) is 22.3. The van der Waals surface area contributed by atoms with Crippen LogP contribution in [0.3, 0.4) is 0 Å². The van der Waals surface area contributed by atoms with Crippen molar-refractivity contribution in [3.8, 4) is 11.1 Å². The monoisotopic (exact) mass is 931 g/mol. The number of carbonyl (C=O) groups excluding carboxylic acids is 5. The van der Waals surface area contributed by atoms with E-state index in [-0.39, 0.29) is 23.3 Å². The summed E-state index contributed by atoms with van der Waals surface area (Å²) >= 11 is 1.02. The predicted octanol–water partition coefficient (Wildman–Crippen LogP) is 3.99. The molecular weight excluding hydrogens is 865 g/mol. The van der Waals surface area contributed by atoms with E-state index in [1.165, 1.54) is 31.5 Å². The zero-order chi connectivity index (χ0) is 49.3. The van der Waals surface area contributed by atoms with Gasteiger partial charge in [0.25, 0.3) is 0 Å². The van der Waals surface area contributed by atoms with E-state index in [0.717, 1.165) is 49.5 Å². The number of rotatable bonds is 23. The van der Waals surface area contributed by atoms with E-state index in [4.69, 9.17) is 10.8 Å². The third-order valence-electron chi connectivity index (χ3n) is 9.65. The second kappa shape index (κ2) is 29.0. The highest BCUT2D eigenvalue weighted by molar-refractivity contribution is 7.99. The Morgan fingerprint density at radius 2 is 1.54 bits per heavy atom. The highest BCUT2D eigenvalue weighted by Crippen LogP contribution is 2.30. The van der Waals surface area contributed by atoms with Crippen LogP contribution in [0.4, 0.5) is 8.78 Å². The first kappa shape index (κ1) is 57.4. The number of aliphatic carboxylic acids is 2. The number of hydrogen-bond donors (Lipinski definition) is 8. The van der Waals surface area contributed by atoms with Crippen molar-refractivity contribution in [1.29, 1.82) is 0 Å². The quantitative estimate of drug-likeness (QED) is 0.0382. The maximum Gasteiger partial charge on any atom is 0.327 e. The summed E-state index contributed by atoms with van der Waals surface area (Å²) in [5, 5.41) is 30.5. The number of nitrogens with two attached hydrogens (primary N) is 1. The van der Waals surface area contributed by atoms with E-state index in [2.05, 4.69) is 64.1 Å². The SMILES string of the molecule is CC(C)(C)Cc1cc(-c2cc(F)ccc2F)cn1Cc1ccccc1.CCC(C)(C(=O)O)C(=O)NCC(=O)NC(C(=O)NCC(=O)N[C@@H](CSCC=O)C(=O)O)C(C)C.CNCCCN. The Balaban J connectivity index is 0.000000593. The van der Waals surface area contributed by atoms with E-state index in [1.54, 1.807) is 13.8 Å². The lowest BCUT2D eigenvalue weighted by molar-refractivity contribution is -0.155. The maximum atomic E-state index is 14.2.